The molecule has 9 nitrogen and oxygen atoms in total. The van der Waals surface area contributed by atoms with Gasteiger partial charge in [-0.15, -0.1) is 0 Å². The summed E-state index contributed by atoms with van der Waals surface area (Å²) in [6.07, 6.45) is 1.19. The summed E-state index contributed by atoms with van der Waals surface area (Å²) in [4.78, 5) is 27.0. The number of ether oxygens (including phenoxy) is 1. The first kappa shape index (κ1) is 18.5. The van der Waals surface area contributed by atoms with Crippen LogP contribution in [0, 0.1) is 0 Å². The number of aliphatic carboxylic acids is 1. The Bertz CT molecular complexity index is 1270. The van der Waals surface area contributed by atoms with E-state index in [1.165, 1.54) is 16.9 Å². The first-order chi connectivity index (χ1) is 14.0. The van der Waals surface area contributed by atoms with Crippen molar-refractivity contribution in [2.45, 2.75) is 0 Å². The van der Waals surface area contributed by atoms with Crippen LogP contribution in [0.2, 0.25) is 5.02 Å². The molecule has 0 unspecified atom stereocenters. The molecule has 0 bridgehead atoms. The van der Waals surface area contributed by atoms with Gasteiger partial charge >= 0.3 is 5.97 Å². The van der Waals surface area contributed by atoms with Crippen LogP contribution in [-0.2, 0) is 4.79 Å². The number of carboxylic acids is 1. The summed E-state index contributed by atoms with van der Waals surface area (Å²) in [5.74, 6) is -1.88. The van der Waals surface area contributed by atoms with Crippen LogP contribution in [0.15, 0.2) is 48.8 Å². The van der Waals surface area contributed by atoms with E-state index in [1.807, 2.05) is 12.1 Å². The second-order valence-electron chi connectivity index (χ2n) is 6.01. The minimum absolute atomic E-state index is 0.0150. The Balaban J connectivity index is 1.78. The Kier molecular flexibility index (Phi) is 4.65. The lowest BCUT2D eigenvalue weighted by molar-refractivity contribution is -0.135. The van der Waals surface area contributed by atoms with Gasteiger partial charge in [-0.2, -0.15) is 9.61 Å². The van der Waals surface area contributed by atoms with Gasteiger partial charge in [0.2, 0.25) is 5.88 Å². The quantitative estimate of drug-likeness (QED) is 0.460. The second-order valence-corrected chi connectivity index (χ2v) is 6.42. The van der Waals surface area contributed by atoms with Crippen LogP contribution in [0.25, 0.3) is 16.4 Å². The number of aromatic nitrogens is 3. The number of hydrogen-bond acceptors (Lipinski definition) is 6. The monoisotopic (exact) mass is 412 g/mol. The van der Waals surface area contributed by atoms with E-state index < -0.39 is 24.2 Å². The molecule has 0 aliphatic carbocycles. The average molecular weight is 413 g/mol. The van der Waals surface area contributed by atoms with E-state index in [-0.39, 0.29) is 17.1 Å². The van der Waals surface area contributed by atoms with Crippen LogP contribution >= 0.6 is 11.6 Å². The molecular formula is C19H13ClN4O5. The van der Waals surface area contributed by atoms with Gasteiger partial charge in [0.05, 0.1) is 0 Å². The number of hydrogen-bond donors (Lipinski definition) is 3. The molecule has 2 aromatic carbocycles. The Labute approximate surface area is 168 Å². The fraction of sp³-hybridized carbons (Fsp3) is 0.0526. The first-order valence-electron chi connectivity index (χ1n) is 8.36. The molecule has 0 aliphatic heterocycles. The molecule has 29 heavy (non-hydrogen) atoms. The molecule has 0 saturated heterocycles. The molecule has 4 aromatic rings. The van der Waals surface area contributed by atoms with E-state index >= 15 is 0 Å². The van der Waals surface area contributed by atoms with Gasteiger partial charge in [0.1, 0.15) is 29.9 Å². The number of carbonyl (C=O) groups excluding carboxylic acids is 1. The van der Waals surface area contributed by atoms with Gasteiger partial charge < -0.3 is 20.3 Å². The van der Waals surface area contributed by atoms with Crippen LogP contribution in [0.3, 0.4) is 0 Å². The third kappa shape index (κ3) is 3.39. The number of benzene rings is 2. The summed E-state index contributed by atoms with van der Waals surface area (Å²) in [6, 6.07) is 11.9. The standard InChI is InChI=1S/C19H13ClN4O5/c20-12-5-1-4-11-10(12)3-2-6-14(11)29-15-7-13(25)17(18-22-9-23-24(15)18)19(28)21-8-16(26)27/h1-7,9,25H,8H2,(H,21,28)(H,26,27). The molecule has 0 atom stereocenters. The number of fused-ring (bicyclic) bond motifs is 2. The molecule has 0 radical (unpaired) electrons. The Morgan fingerprint density at radius 3 is 2.72 bits per heavy atom. The van der Waals surface area contributed by atoms with E-state index in [9.17, 15) is 14.7 Å². The third-order valence-corrected chi connectivity index (χ3v) is 4.50. The molecular weight excluding hydrogens is 400 g/mol. The third-order valence-electron chi connectivity index (χ3n) is 4.17. The molecule has 1 amide bonds. The predicted octanol–water partition coefficient (Wildman–Crippen LogP) is 2.85. The van der Waals surface area contributed by atoms with Crippen molar-refractivity contribution in [2.75, 3.05) is 6.54 Å². The zero-order chi connectivity index (χ0) is 20.5. The van der Waals surface area contributed by atoms with Crippen LogP contribution in [0.5, 0.6) is 17.4 Å². The highest BCUT2D eigenvalue weighted by atomic mass is 35.5. The van der Waals surface area contributed by atoms with Crippen molar-refractivity contribution in [3.05, 3.63) is 59.4 Å². The number of rotatable bonds is 5. The van der Waals surface area contributed by atoms with Crippen molar-refractivity contribution < 1.29 is 24.5 Å². The second kappa shape index (κ2) is 7.28. The van der Waals surface area contributed by atoms with Crippen molar-refractivity contribution in [3.8, 4) is 17.4 Å². The Morgan fingerprint density at radius 1 is 1.17 bits per heavy atom. The lowest BCUT2D eigenvalue weighted by Gasteiger charge is -2.13. The highest BCUT2D eigenvalue weighted by Gasteiger charge is 2.22. The highest BCUT2D eigenvalue weighted by Crippen LogP contribution is 2.35. The minimum atomic E-state index is -1.22. The number of carbonyl (C=O) groups is 2. The lowest BCUT2D eigenvalue weighted by atomic mass is 10.1. The van der Waals surface area contributed by atoms with Gasteiger partial charge in [0, 0.05) is 21.9 Å². The highest BCUT2D eigenvalue weighted by molar-refractivity contribution is 6.35. The molecule has 146 valence electrons. The number of aromatic hydroxyl groups is 1. The molecule has 0 aliphatic rings. The van der Waals surface area contributed by atoms with Crippen LogP contribution in [0.1, 0.15) is 10.4 Å². The first-order valence-corrected chi connectivity index (χ1v) is 8.74. The van der Waals surface area contributed by atoms with Gasteiger partial charge in [0.15, 0.2) is 5.65 Å². The van der Waals surface area contributed by atoms with Gasteiger partial charge in [0.25, 0.3) is 5.91 Å². The molecule has 0 fully saturated rings. The maximum Gasteiger partial charge on any atom is 0.322 e. The topological polar surface area (TPSA) is 126 Å². The van der Waals surface area contributed by atoms with E-state index in [0.29, 0.717) is 10.8 Å². The van der Waals surface area contributed by atoms with Gasteiger partial charge in [-0.05, 0) is 12.1 Å². The average Bonchev–Trinajstić information content (AvgIpc) is 3.17. The number of amides is 1. The number of halogens is 1. The maximum absolute atomic E-state index is 12.3. The lowest BCUT2D eigenvalue weighted by Crippen LogP contribution is -2.29. The fourth-order valence-electron chi connectivity index (χ4n) is 2.92. The summed E-state index contributed by atoms with van der Waals surface area (Å²) >= 11 is 6.23. The number of pyridine rings is 1. The molecule has 0 spiro atoms. The Morgan fingerprint density at radius 2 is 1.93 bits per heavy atom. The van der Waals surface area contributed by atoms with Crippen molar-refractivity contribution in [1.29, 1.82) is 0 Å². The summed E-state index contributed by atoms with van der Waals surface area (Å²) < 4.78 is 7.18. The zero-order valence-corrected chi connectivity index (χ0v) is 15.4. The van der Waals surface area contributed by atoms with Crippen molar-refractivity contribution in [2.24, 2.45) is 0 Å². The van der Waals surface area contributed by atoms with Crippen molar-refractivity contribution >= 4 is 39.9 Å². The SMILES string of the molecule is O=C(O)CNC(=O)c1c(O)cc(Oc2cccc3c(Cl)cccc23)n2ncnc12. The van der Waals surface area contributed by atoms with Crippen molar-refractivity contribution in [3.63, 3.8) is 0 Å². The number of carboxylic acid groups (broad SMARTS) is 1. The van der Waals surface area contributed by atoms with Gasteiger partial charge in [-0.3, -0.25) is 9.59 Å². The largest absolute Gasteiger partial charge is 0.507 e. The number of nitrogens with one attached hydrogen (secondary N) is 1. The van der Waals surface area contributed by atoms with Gasteiger partial charge in [-0.1, -0.05) is 35.9 Å². The molecule has 0 saturated carbocycles. The molecule has 3 N–H and O–H groups in total. The van der Waals surface area contributed by atoms with Crippen LogP contribution < -0.4 is 10.1 Å². The number of nitrogens with zero attached hydrogens (tertiary/aromatic N) is 3. The summed E-state index contributed by atoms with van der Waals surface area (Å²) in [7, 11) is 0. The van der Waals surface area contributed by atoms with Crippen molar-refractivity contribution in [1.82, 2.24) is 19.9 Å². The normalized spacial score (nSPS) is 10.9. The molecule has 2 heterocycles. The van der Waals surface area contributed by atoms with E-state index in [4.69, 9.17) is 21.4 Å². The van der Waals surface area contributed by atoms with E-state index in [2.05, 4.69) is 15.4 Å². The van der Waals surface area contributed by atoms with Gasteiger partial charge in [-0.25, -0.2) is 4.98 Å². The van der Waals surface area contributed by atoms with E-state index in [0.717, 1.165) is 10.8 Å². The minimum Gasteiger partial charge on any atom is -0.507 e. The van der Waals surface area contributed by atoms with E-state index in [1.54, 1.807) is 24.3 Å². The molecule has 4 rings (SSSR count). The fourth-order valence-corrected chi connectivity index (χ4v) is 3.15. The summed E-state index contributed by atoms with van der Waals surface area (Å²) in [6.45, 7) is -0.604. The van der Waals surface area contributed by atoms with Crippen LogP contribution in [0.4, 0.5) is 0 Å². The summed E-state index contributed by atoms with van der Waals surface area (Å²) in [5, 5.41) is 27.4. The molecule has 10 heteroatoms. The predicted molar refractivity (Wildman–Crippen MR) is 104 cm³/mol. The smallest absolute Gasteiger partial charge is 0.322 e. The van der Waals surface area contributed by atoms with Crippen LogP contribution in [-0.4, -0.2) is 43.2 Å². The maximum atomic E-state index is 12.3. The zero-order valence-electron chi connectivity index (χ0n) is 14.7. The summed E-state index contributed by atoms with van der Waals surface area (Å²) in [5.41, 5.74) is -0.196. The Hall–Kier alpha value is -3.85. The molecule has 2 aromatic heterocycles.